The van der Waals surface area contributed by atoms with Gasteiger partial charge in [0.05, 0.1) is 6.54 Å². The van der Waals surface area contributed by atoms with Crippen LogP contribution in [0.1, 0.15) is 25.7 Å². The van der Waals surface area contributed by atoms with Crippen LogP contribution in [0.25, 0.3) is 0 Å². The van der Waals surface area contributed by atoms with Gasteiger partial charge in [-0.15, -0.1) is 12.4 Å². The van der Waals surface area contributed by atoms with E-state index in [0.29, 0.717) is 25.4 Å². The monoisotopic (exact) mass is 261 g/mol. The number of hydrogen-bond acceptors (Lipinski definition) is 3. The Morgan fingerprint density at radius 2 is 2.24 bits per heavy atom. The van der Waals surface area contributed by atoms with Gasteiger partial charge in [0.1, 0.15) is 0 Å². The summed E-state index contributed by atoms with van der Waals surface area (Å²) in [7, 11) is 0. The third kappa shape index (κ3) is 4.16. The summed E-state index contributed by atoms with van der Waals surface area (Å²) >= 11 is 0. The fourth-order valence-electron chi connectivity index (χ4n) is 2.02. The minimum absolute atomic E-state index is 0. The van der Waals surface area contributed by atoms with Gasteiger partial charge in [-0.05, 0) is 25.2 Å². The van der Waals surface area contributed by atoms with Crippen LogP contribution < -0.4 is 11.1 Å². The standard InChI is InChI=1S/C11H19N3O2.ClH/c12-9(8-3-4-8)6-13-10(15)7-14-5-1-2-11(14)16;/h8-9H,1-7,12H2,(H,13,15);1H. The Morgan fingerprint density at radius 3 is 2.76 bits per heavy atom. The van der Waals surface area contributed by atoms with E-state index in [2.05, 4.69) is 5.32 Å². The number of hydrogen-bond donors (Lipinski definition) is 2. The summed E-state index contributed by atoms with van der Waals surface area (Å²) in [6.07, 6.45) is 3.81. The molecule has 2 amide bonds. The first-order valence-electron chi connectivity index (χ1n) is 5.97. The van der Waals surface area contributed by atoms with Crippen molar-refractivity contribution in [1.82, 2.24) is 10.2 Å². The van der Waals surface area contributed by atoms with Gasteiger partial charge in [0.15, 0.2) is 0 Å². The molecule has 0 bridgehead atoms. The van der Waals surface area contributed by atoms with Crippen LogP contribution in [0.15, 0.2) is 0 Å². The minimum atomic E-state index is -0.0913. The second kappa shape index (κ2) is 6.21. The number of likely N-dealkylation sites (tertiary alicyclic amines) is 1. The molecule has 5 nitrogen and oxygen atoms in total. The Morgan fingerprint density at radius 1 is 1.53 bits per heavy atom. The largest absolute Gasteiger partial charge is 0.353 e. The Hall–Kier alpha value is -0.810. The van der Waals surface area contributed by atoms with E-state index in [1.807, 2.05) is 0 Å². The summed E-state index contributed by atoms with van der Waals surface area (Å²) in [5.41, 5.74) is 5.87. The van der Waals surface area contributed by atoms with Crippen molar-refractivity contribution in [2.75, 3.05) is 19.6 Å². The van der Waals surface area contributed by atoms with E-state index >= 15 is 0 Å². The van der Waals surface area contributed by atoms with Crippen molar-refractivity contribution in [3.63, 3.8) is 0 Å². The zero-order valence-electron chi connectivity index (χ0n) is 9.85. The fraction of sp³-hybridized carbons (Fsp3) is 0.818. The number of amides is 2. The molecule has 2 aliphatic rings. The van der Waals surface area contributed by atoms with Crippen molar-refractivity contribution in [3.05, 3.63) is 0 Å². The molecule has 2 rings (SSSR count). The van der Waals surface area contributed by atoms with E-state index in [4.69, 9.17) is 5.73 Å². The first-order valence-corrected chi connectivity index (χ1v) is 5.97. The van der Waals surface area contributed by atoms with Crippen LogP contribution >= 0.6 is 12.4 Å². The lowest BCUT2D eigenvalue weighted by molar-refractivity contribution is -0.133. The molecule has 0 spiro atoms. The maximum atomic E-state index is 11.5. The van der Waals surface area contributed by atoms with E-state index in [0.717, 1.165) is 6.42 Å². The minimum Gasteiger partial charge on any atom is -0.353 e. The Kier molecular flexibility index (Phi) is 5.21. The molecular weight excluding hydrogens is 242 g/mol. The molecule has 1 aliphatic heterocycles. The number of carbonyl (C=O) groups excluding carboxylic acids is 2. The number of halogens is 1. The maximum Gasteiger partial charge on any atom is 0.239 e. The van der Waals surface area contributed by atoms with Crippen LogP contribution in [0.2, 0.25) is 0 Å². The number of rotatable bonds is 5. The van der Waals surface area contributed by atoms with Crippen molar-refractivity contribution in [2.45, 2.75) is 31.7 Å². The molecule has 17 heavy (non-hydrogen) atoms. The molecule has 0 radical (unpaired) electrons. The summed E-state index contributed by atoms with van der Waals surface area (Å²) in [5.74, 6) is 0.585. The molecule has 0 aromatic carbocycles. The van der Waals surface area contributed by atoms with Crippen LogP contribution in [0.3, 0.4) is 0 Å². The molecule has 1 heterocycles. The Labute approximate surface area is 108 Å². The molecule has 1 unspecified atom stereocenters. The van der Waals surface area contributed by atoms with Crippen LogP contribution in [0.4, 0.5) is 0 Å². The zero-order valence-corrected chi connectivity index (χ0v) is 10.7. The molecule has 2 fully saturated rings. The van der Waals surface area contributed by atoms with E-state index in [9.17, 15) is 9.59 Å². The lowest BCUT2D eigenvalue weighted by Crippen LogP contribution is -2.43. The lowest BCUT2D eigenvalue weighted by Gasteiger charge is -2.16. The first kappa shape index (κ1) is 14.3. The van der Waals surface area contributed by atoms with Crippen LogP contribution in [-0.2, 0) is 9.59 Å². The van der Waals surface area contributed by atoms with Crippen LogP contribution in [0, 0.1) is 5.92 Å². The van der Waals surface area contributed by atoms with Gasteiger partial charge in [0, 0.05) is 25.6 Å². The average Bonchev–Trinajstić information content (AvgIpc) is 3.02. The zero-order chi connectivity index (χ0) is 11.5. The van der Waals surface area contributed by atoms with Gasteiger partial charge in [-0.25, -0.2) is 0 Å². The Balaban J connectivity index is 0.00000144. The summed E-state index contributed by atoms with van der Waals surface area (Å²) in [5, 5.41) is 2.79. The SMILES string of the molecule is Cl.NC(CNC(=O)CN1CCCC1=O)C1CC1. The number of nitrogens with zero attached hydrogens (tertiary/aromatic N) is 1. The first-order chi connectivity index (χ1) is 7.66. The summed E-state index contributed by atoms with van der Waals surface area (Å²) in [4.78, 5) is 24.4. The van der Waals surface area contributed by atoms with Crippen molar-refractivity contribution >= 4 is 24.2 Å². The highest BCUT2D eigenvalue weighted by Crippen LogP contribution is 2.31. The van der Waals surface area contributed by atoms with E-state index in [-0.39, 0.29) is 36.8 Å². The van der Waals surface area contributed by atoms with Gasteiger partial charge in [-0.2, -0.15) is 0 Å². The number of nitrogens with one attached hydrogen (secondary N) is 1. The Bertz CT molecular complexity index is 294. The third-order valence-electron chi connectivity index (χ3n) is 3.27. The molecule has 1 saturated carbocycles. The number of carbonyl (C=O) groups is 2. The van der Waals surface area contributed by atoms with Gasteiger partial charge in [0.25, 0.3) is 0 Å². The summed E-state index contributed by atoms with van der Waals surface area (Å²) < 4.78 is 0. The lowest BCUT2D eigenvalue weighted by atomic mass is 10.2. The van der Waals surface area contributed by atoms with Gasteiger partial charge in [-0.3, -0.25) is 9.59 Å². The molecular formula is C11H20ClN3O2. The van der Waals surface area contributed by atoms with Crippen molar-refractivity contribution in [3.8, 4) is 0 Å². The molecule has 0 aromatic rings. The predicted molar refractivity (Wildman–Crippen MR) is 66.8 cm³/mol. The van der Waals surface area contributed by atoms with E-state index in [1.165, 1.54) is 12.8 Å². The van der Waals surface area contributed by atoms with Gasteiger partial charge in [0.2, 0.25) is 11.8 Å². The second-order valence-corrected chi connectivity index (χ2v) is 4.72. The van der Waals surface area contributed by atoms with Crippen molar-refractivity contribution < 1.29 is 9.59 Å². The molecule has 6 heteroatoms. The quantitative estimate of drug-likeness (QED) is 0.725. The highest BCUT2D eigenvalue weighted by Gasteiger charge is 2.29. The van der Waals surface area contributed by atoms with Crippen molar-refractivity contribution in [1.29, 1.82) is 0 Å². The fourth-order valence-corrected chi connectivity index (χ4v) is 2.02. The average molecular weight is 262 g/mol. The highest BCUT2D eigenvalue weighted by molar-refractivity contribution is 5.86. The molecule has 0 aromatic heterocycles. The molecule has 1 aliphatic carbocycles. The summed E-state index contributed by atoms with van der Waals surface area (Å²) in [6, 6.07) is 0.0817. The summed E-state index contributed by atoms with van der Waals surface area (Å²) in [6.45, 7) is 1.43. The van der Waals surface area contributed by atoms with E-state index < -0.39 is 0 Å². The predicted octanol–water partition coefficient (Wildman–Crippen LogP) is -0.116. The molecule has 98 valence electrons. The topological polar surface area (TPSA) is 75.4 Å². The third-order valence-corrected chi connectivity index (χ3v) is 3.27. The van der Waals surface area contributed by atoms with Crippen molar-refractivity contribution in [2.24, 2.45) is 11.7 Å². The smallest absolute Gasteiger partial charge is 0.239 e. The second-order valence-electron chi connectivity index (χ2n) is 4.72. The van der Waals surface area contributed by atoms with Crippen LogP contribution in [-0.4, -0.2) is 42.4 Å². The highest BCUT2D eigenvalue weighted by atomic mass is 35.5. The van der Waals surface area contributed by atoms with Crippen LogP contribution in [0.5, 0.6) is 0 Å². The molecule has 1 saturated heterocycles. The molecule has 3 N–H and O–H groups in total. The van der Waals surface area contributed by atoms with Gasteiger partial charge < -0.3 is 16.0 Å². The molecule has 1 atom stereocenters. The van der Waals surface area contributed by atoms with Gasteiger partial charge in [-0.1, -0.05) is 0 Å². The number of nitrogens with two attached hydrogens (primary N) is 1. The van der Waals surface area contributed by atoms with E-state index in [1.54, 1.807) is 4.90 Å². The van der Waals surface area contributed by atoms with Gasteiger partial charge >= 0.3 is 0 Å². The maximum absolute atomic E-state index is 11.5. The normalized spacial score (nSPS) is 21.0.